The molecule has 1 fully saturated rings. The van der Waals surface area contributed by atoms with E-state index in [2.05, 4.69) is 10.2 Å². The van der Waals surface area contributed by atoms with Crippen LogP contribution in [0.25, 0.3) is 0 Å². The van der Waals surface area contributed by atoms with E-state index in [-0.39, 0.29) is 18.4 Å². The minimum absolute atomic E-state index is 0.0126. The molecule has 2 aromatic carbocycles. The lowest BCUT2D eigenvalue weighted by molar-refractivity contribution is -0.133. The summed E-state index contributed by atoms with van der Waals surface area (Å²) < 4.78 is 5.34. The van der Waals surface area contributed by atoms with E-state index in [1.807, 2.05) is 48.5 Å². The maximum Gasteiger partial charge on any atom is 0.244 e. The van der Waals surface area contributed by atoms with Gasteiger partial charge in [0.25, 0.3) is 0 Å². The molecule has 0 radical (unpaired) electrons. The summed E-state index contributed by atoms with van der Waals surface area (Å²) in [5, 5.41) is 2.88. The molecule has 6 heteroatoms. The minimum atomic E-state index is -0.223. The Morgan fingerprint density at radius 2 is 1.75 bits per heavy atom. The molecule has 0 bridgehead atoms. The summed E-state index contributed by atoms with van der Waals surface area (Å²) in [6, 6.07) is 15.4. The molecule has 0 unspecified atom stereocenters. The van der Waals surface area contributed by atoms with Gasteiger partial charge in [0, 0.05) is 43.5 Å². The van der Waals surface area contributed by atoms with Crippen molar-refractivity contribution in [1.82, 2.24) is 4.90 Å². The van der Waals surface area contributed by atoms with E-state index in [4.69, 9.17) is 4.74 Å². The van der Waals surface area contributed by atoms with Crippen LogP contribution in [0.4, 0.5) is 11.4 Å². The van der Waals surface area contributed by atoms with Gasteiger partial charge in [-0.2, -0.15) is 0 Å². The number of para-hydroxylation sites is 1. The van der Waals surface area contributed by atoms with Gasteiger partial charge in [-0.3, -0.25) is 9.59 Å². The van der Waals surface area contributed by atoms with Crippen molar-refractivity contribution < 1.29 is 14.3 Å². The van der Waals surface area contributed by atoms with E-state index in [0.717, 1.165) is 24.3 Å². The van der Waals surface area contributed by atoms with Crippen LogP contribution in [0.2, 0.25) is 0 Å². The van der Waals surface area contributed by atoms with Gasteiger partial charge >= 0.3 is 0 Å². The summed E-state index contributed by atoms with van der Waals surface area (Å²) >= 11 is 0. The molecule has 1 aliphatic heterocycles. The summed E-state index contributed by atoms with van der Waals surface area (Å²) in [4.78, 5) is 28.3. The smallest absolute Gasteiger partial charge is 0.244 e. The van der Waals surface area contributed by atoms with Crippen LogP contribution in [0, 0.1) is 0 Å². The second-order valence-electron chi connectivity index (χ2n) is 6.98. The molecule has 0 saturated carbocycles. The van der Waals surface area contributed by atoms with Gasteiger partial charge in [-0.1, -0.05) is 18.2 Å². The molecule has 2 aromatic rings. The molecular formula is C22H27N3O3. The van der Waals surface area contributed by atoms with Crippen molar-refractivity contribution in [3.63, 3.8) is 0 Å². The predicted molar refractivity (Wildman–Crippen MR) is 111 cm³/mol. The molecule has 6 nitrogen and oxygen atoms in total. The molecule has 28 heavy (non-hydrogen) atoms. The topological polar surface area (TPSA) is 61.9 Å². The van der Waals surface area contributed by atoms with E-state index in [0.29, 0.717) is 12.3 Å². The standard InChI is InChI=1S/C22H27N3O3/c1-17(26)25(15-18-7-3-4-8-21(18)28-2)16-22(27)23-19-9-11-20(12-10-19)24-13-5-6-14-24/h3-4,7-12H,5-6,13-16H2,1-2H3,(H,23,27). The van der Waals surface area contributed by atoms with Crippen molar-refractivity contribution in [1.29, 1.82) is 0 Å². The summed E-state index contributed by atoms with van der Waals surface area (Å²) in [6.45, 7) is 3.94. The fourth-order valence-electron chi connectivity index (χ4n) is 3.42. The molecular weight excluding hydrogens is 354 g/mol. The fraction of sp³-hybridized carbons (Fsp3) is 0.364. The third kappa shape index (κ3) is 5.03. The molecule has 3 rings (SSSR count). The molecule has 1 aliphatic rings. The third-order valence-electron chi connectivity index (χ3n) is 4.96. The zero-order valence-electron chi connectivity index (χ0n) is 16.5. The number of benzene rings is 2. The normalized spacial score (nSPS) is 13.3. The molecule has 2 amide bonds. The van der Waals surface area contributed by atoms with Gasteiger partial charge in [0.1, 0.15) is 12.3 Å². The predicted octanol–water partition coefficient (Wildman–Crippen LogP) is 3.28. The van der Waals surface area contributed by atoms with Gasteiger partial charge in [0.05, 0.1) is 7.11 Å². The van der Waals surface area contributed by atoms with Crippen LogP contribution in [0.1, 0.15) is 25.3 Å². The highest BCUT2D eigenvalue weighted by molar-refractivity contribution is 5.94. The second kappa shape index (κ2) is 9.26. The van der Waals surface area contributed by atoms with E-state index in [9.17, 15) is 9.59 Å². The largest absolute Gasteiger partial charge is 0.496 e. The highest BCUT2D eigenvalue weighted by Crippen LogP contribution is 2.22. The lowest BCUT2D eigenvalue weighted by Gasteiger charge is -2.22. The fourth-order valence-corrected chi connectivity index (χ4v) is 3.42. The Labute approximate surface area is 166 Å². The number of amides is 2. The number of ether oxygens (including phenoxy) is 1. The first kappa shape index (κ1) is 19.7. The number of hydrogen-bond donors (Lipinski definition) is 1. The monoisotopic (exact) mass is 381 g/mol. The van der Waals surface area contributed by atoms with Crippen molar-refractivity contribution >= 4 is 23.2 Å². The Hall–Kier alpha value is -3.02. The van der Waals surface area contributed by atoms with Crippen molar-refractivity contribution in [3.8, 4) is 5.75 Å². The van der Waals surface area contributed by atoms with Crippen LogP contribution in [-0.4, -0.2) is 43.5 Å². The second-order valence-corrected chi connectivity index (χ2v) is 6.98. The van der Waals surface area contributed by atoms with E-state index < -0.39 is 0 Å². The first-order valence-corrected chi connectivity index (χ1v) is 9.59. The van der Waals surface area contributed by atoms with E-state index >= 15 is 0 Å². The van der Waals surface area contributed by atoms with Crippen LogP contribution in [0.15, 0.2) is 48.5 Å². The average Bonchev–Trinajstić information content (AvgIpc) is 3.23. The van der Waals surface area contributed by atoms with Crippen molar-refractivity contribution in [3.05, 3.63) is 54.1 Å². The van der Waals surface area contributed by atoms with Crippen LogP contribution < -0.4 is 15.0 Å². The van der Waals surface area contributed by atoms with Gasteiger partial charge in [-0.05, 0) is 43.2 Å². The Kier molecular flexibility index (Phi) is 6.53. The number of methoxy groups -OCH3 is 1. The van der Waals surface area contributed by atoms with Gasteiger partial charge in [-0.25, -0.2) is 0 Å². The highest BCUT2D eigenvalue weighted by Gasteiger charge is 2.17. The molecule has 0 spiro atoms. The van der Waals surface area contributed by atoms with Crippen LogP contribution in [0.3, 0.4) is 0 Å². The molecule has 148 valence electrons. The van der Waals surface area contributed by atoms with Crippen molar-refractivity contribution in [2.45, 2.75) is 26.3 Å². The zero-order chi connectivity index (χ0) is 19.9. The molecule has 0 aromatic heterocycles. The van der Waals surface area contributed by atoms with Crippen LogP contribution in [0.5, 0.6) is 5.75 Å². The molecule has 0 aliphatic carbocycles. The molecule has 1 heterocycles. The van der Waals surface area contributed by atoms with Crippen LogP contribution >= 0.6 is 0 Å². The van der Waals surface area contributed by atoms with E-state index in [1.165, 1.54) is 30.4 Å². The summed E-state index contributed by atoms with van der Waals surface area (Å²) in [7, 11) is 1.59. The minimum Gasteiger partial charge on any atom is -0.496 e. The summed E-state index contributed by atoms with van der Waals surface area (Å²) in [5.41, 5.74) is 2.77. The maximum absolute atomic E-state index is 12.5. The Bertz CT molecular complexity index is 814. The zero-order valence-corrected chi connectivity index (χ0v) is 16.5. The number of anilines is 2. The number of carbonyl (C=O) groups is 2. The summed E-state index contributed by atoms with van der Waals surface area (Å²) in [6.07, 6.45) is 2.46. The summed E-state index contributed by atoms with van der Waals surface area (Å²) in [5.74, 6) is 0.316. The van der Waals surface area contributed by atoms with Gasteiger partial charge in [-0.15, -0.1) is 0 Å². The highest BCUT2D eigenvalue weighted by atomic mass is 16.5. The Morgan fingerprint density at radius 3 is 2.39 bits per heavy atom. The van der Waals surface area contributed by atoms with Gasteiger partial charge in [0.15, 0.2) is 0 Å². The Morgan fingerprint density at radius 1 is 1.07 bits per heavy atom. The number of nitrogens with one attached hydrogen (secondary N) is 1. The van der Waals surface area contributed by atoms with Gasteiger partial charge in [0.2, 0.25) is 11.8 Å². The lowest BCUT2D eigenvalue weighted by atomic mass is 10.2. The third-order valence-corrected chi connectivity index (χ3v) is 4.96. The number of carbonyl (C=O) groups excluding carboxylic acids is 2. The molecule has 0 atom stereocenters. The van der Waals surface area contributed by atoms with Crippen molar-refractivity contribution in [2.24, 2.45) is 0 Å². The van der Waals surface area contributed by atoms with Crippen molar-refractivity contribution in [2.75, 3.05) is 37.0 Å². The average molecular weight is 381 g/mol. The van der Waals surface area contributed by atoms with Gasteiger partial charge < -0.3 is 19.9 Å². The van der Waals surface area contributed by atoms with Crippen LogP contribution in [-0.2, 0) is 16.1 Å². The quantitative estimate of drug-likeness (QED) is 0.800. The lowest BCUT2D eigenvalue weighted by Crippen LogP contribution is -2.36. The number of hydrogen-bond acceptors (Lipinski definition) is 4. The van der Waals surface area contributed by atoms with E-state index in [1.54, 1.807) is 7.11 Å². The number of nitrogens with zero attached hydrogens (tertiary/aromatic N) is 2. The number of rotatable bonds is 7. The Balaban J connectivity index is 1.60. The first-order valence-electron chi connectivity index (χ1n) is 9.59. The first-order chi connectivity index (χ1) is 13.6. The SMILES string of the molecule is COc1ccccc1CN(CC(=O)Nc1ccc(N2CCCC2)cc1)C(C)=O. The maximum atomic E-state index is 12.5. The molecule has 1 N–H and O–H groups in total. The molecule has 1 saturated heterocycles.